The zero-order chi connectivity index (χ0) is 9.42. The second-order valence-corrected chi connectivity index (χ2v) is 6.01. The van der Waals surface area contributed by atoms with Crippen LogP contribution in [0.15, 0.2) is 9.85 Å². The topological polar surface area (TPSA) is 17.1 Å². The number of Topliss-reactive ketones (excluding diaryl/α,β-unsaturated/α-hetero) is 1. The maximum Gasteiger partial charge on any atom is 0.173 e. The smallest absolute Gasteiger partial charge is 0.173 e. The van der Waals surface area contributed by atoms with Gasteiger partial charge in [-0.3, -0.25) is 4.79 Å². The molecule has 1 aromatic rings. The van der Waals surface area contributed by atoms with E-state index < -0.39 is 0 Å². The van der Waals surface area contributed by atoms with Gasteiger partial charge in [0.15, 0.2) is 5.78 Å². The molecule has 0 unspecified atom stereocenters. The molecule has 70 valence electrons. The molecule has 13 heavy (non-hydrogen) atoms. The normalized spacial score (nSPS) is 16.2. The Balaban J connectivity index is 2.09. The van der Waals surface area contributed by atoms with E-state index in [-0.39, 0.29) is 0 Å². The number of aryl methyl sites for hydroxylation is 1. The van der Waals surface area contributed by atoms with Gasteiger partial charge < -0.3 is 0 Å². The first-order valence-electron chi connectivity index (χ1n) is 4.46. The molecule has 0 bridgehead atoms. The Morgan fingerprint density at radius 2 is 2.38 bits per heavy atom. The molecular formula is C10H11BrOS. The molecule has 0 aromatic carbocycles. The number of hydrogen-bond acceptors (Lipinski definition) is 2. The van der Waals surface area contributed by atoms with Crippen LogP contribution in [0.5, 0.6) is 0 Å². The van der Waals surface area contributed by atoms with Gasteiger partial charge >= 0.3 is 0 Å². The molecule has 1 nitrogen and oxygen atoms in total. The number of halogens is 1. The molecule has 0 amide bonds. The lowest BCUT2D eigenvalue weighted by molar-refractivity contribution is 0.0980. The van der Waals surface area contributed by atoms with Crippen molar-refractivity contribution in [2.24, 2.45) is 5.92 Å². The molecule has 1 heterocycles. The van der Waals surface area contributed by atoms with Crippen LogP contribution in [0.4, 0.5) is 0 Å². The fourth-order valence-electron chi connectivity index (χ4n) is 1.28. The third kappa shape index (κ3) is 2.20. The van der Waals surface area contributed by atoms with Crippen molar-refractivity contribution in [1.29, 1.82) is 0 Å². The molecule has 1 aliphatic carbocycles. The van der Waals surface area contributed by atoms with Gasteiger partial charge in [-0.05, 0) is 53.2 Å². The van der Waals surface area contributed by atoms with Crippen LogP contribution in [-0.2, 0) is 0 Å². The summed E-state index contributed by atoms with van der Waals surface area (Å²) in [6.07, 6.45) is 3.25. The Hall–Kier alpha value is -0.150. The average Bonchev–Trinajstić information content (AvgIpc) is 2.81. The van der Waals surface area contributed by atoms with Crippen molar-refractivity contribution in [3.8, 4) is 0 Å². The fourth-order valence-corrected chi connectivity index (χ4v) is 2.77. The first-order valence-corrected chi connectivity index (χ1v) is 6.07. The van der Waals surface area contributed by atoms with Crippen LogP contribution in [0.1, 0.15) is 34.5 Å². The number of hydrogen-bond donors (Lipinski definition) is 0. The van der Waals surface area contributed by atoms with Crippen molar-refractivity contribution < 1.29 is 4.79 Å². The summed E-state index contributed by atoms with van der Waals surface area (Å²) >= 11 is 4.99. The third-order valence-corrected chi connectivity index (χ3v) is 4.48. The van der Waals surface area contributed by atoms with E-state index in [1.165, 1.54) is 18.4 Å². The van der Waals surface area contributed by atoms with Gasteiger partial charge in [-0.25, -0.2) is 0 Å². The molecule has 3 heteroatoms. The summed E-state index contributed by atoms with van der Waals surface area (Å²) in [5, 5.41) is 0. The lowest BCUT2D eigenvalue weighted by Crippen LogP contribution is -1.96. The number of rotatable bonds is 3. The predicted molar refractivity (Wildman–Crippen MR) is 58.4 cm³/mol. The van der Waals surface area contributed by atoms with Crippen molar-refractivity contribution in [2.75, 3.05) is 0 Å². The van der Waals surface area contributed by atoms with Crippen LogP contribution in [-0.4, -0.2) is 5.78 Å². The number of thiophene rings is 1. The molecule has 1 aromatic heterocycles. The largest absolute Gasteiger partial charge is 0.293 e. The highest BCUT2D eigenvalue weighted by atomic mass is 79.9. The van der Waals surface area contributed by atoms with Gasteiger partial charge in [-0.1, -0.05) is 0 Å². The highest BCUT2D eigenvalue weighted by Gasteiger charge is 2.25. The van der Waals surface area contributed by atoms with E-state index in [2.05, 4.69) is 15.9 Å². The first-order chi connectivity index (χ1) is 6.16. The van der Waals surface area contributed by atoms with E-state index in [0.717, 1.165) is 15.1 Å². The van der Waals surface area contributed by atoms with E-state index in [1.807, 2.05) is 13.0 Å². The lowest BCUT2D eigenvalue weighted by atomic mass is 10.1. The molecule has 2 rings (SSSR count). The van der Waals surface area contributed by atoms with Crippen LogP contribution in [0.25, 0.3) is 0 Å². The Bertz CT molecular complexity index is 319. The standard InChI is InChI=1S/C10H11BrOS/c1-6-4-9(13-10(6)11)8(12)5-7-2-3-7/h4,7H,2-3,5H2,1H3. The van der Waals surface area contributed by atoms with Crippen LogP contribution in [0.3, 0.4) is 0 Å². The molecule has 0 spiro atoms. The molecule has 0 saturated heterocycles. The molecule has 1 aliphatic rings. The van der Waals surface area contributed by atoms with Crippen LogP contribution in [0, 0.1) is 12.8 Å². The lowest BCUT2D eigenvalue weighted by Gasteiger charge is -1.92. The van der Waals surface area contributed by atoms with Crippen LogP contribution in [0.2, 0.25) is 0 Å². The summed E-state index contributed by atoms with van der Waals surface area (Å²) in [5.74, 6) is 1.01. The first kappa shape index (κ1) is 9.41. The quantitative estimate of drug-likeness (QED) is 0.754. The van der Waals surface area contributed by atoms with E-state index in [9.17, 15) is 4.79 Å². The van der Waals surface area contributed by atoms with Gasteiger partial charge in [-0.15, -0.1) is 11.3 Å². The van der Waals surface area contributed by atoms with Crippen LogP contribution < -0.4 is 0 Å². The Morgan fingerprint density at radius 3 is 2.85 bits per heavy atom. The third-order valence-electron chi connectivity index (χ3n) is 2.30. The van der Waals surface area contributed by atoms with Gasteiger partial charge in [0.2, 0.25) is 0 Å². The number of ketones is 1. The van der Waals surface area contributed by atoms with Crippen molar-refractivity contribution in [3.63, 3.8) is 0 Å². The minimum absolute atomic E-state index is 0.321. The molecule has 0 atom stereocenters. The summed E-state index contributed by atoms with van der Waals surface area (Å²) in [6.45, 7) is 2.02. The van der Waals surface area contributed by atoms with E-state index >= 15 is 0 Å². The Labute approximate surface area is 90.3 Å². The van der Waals surface area contributed by atoms with Gasteiger partial charge in [0.05, 0.1) is 8.66 Å². The minimum Gasteiger partial charge on any atom is -0.293 e. The molecule has 0 aliphatic heterocycles. The highest BCUT2D eigenvalue weighted by Crippen LogP contribution is 2.35. The highest BCUT2D eigenvalue weighted by molar-refractivity contribution is 9.11. The molecule has 0 radical (unpaired) electrons. The molecule has 1 fully saturated rings. The van der Waals surface area contributed by atoms with Crippen molar-refractivity contribution in [3.05, 3.63) is 20.3 Å². The number of carbonyl (C=O) groups excluding carboxylic acids is 1. The SMILES string of the molecule is Cc1cc(C(=O)CC2CC2)sc1Br. The molecule has 0 N–H and O–H groups in total. The Kier molecular flexibility index (Phi) is 2.56. The second-order valence-electron chi connectivity index (χ2n) is 3.64. The van der Waals surface area contributed by atoms with Crippen LogP contribution >= 0.6 is 27.3 Å². The fraction of sp³-hybridized carbons (Fsp3) is 0.500. The maximum absolute atomic E-state index is 11.7. The Morgan fingerprint density at radius 1 is 1.69 bits per heavy atom. The van der Waals surface area contributed by atoms with E-state index in [1.54, 1.807) is 11.3 Å². The summed E-state index contributed by atoms with van der Waals surface area (Å²) < 4.78 is 1.09. The second kappa shape index (κ2) is 3.54. The van der Waals surface area contributed by atoms with Crippen molar-refractivity contribution in [1.82, 2.24) is 0 Å². The minimum atomic E-state index is 0.321. The average molecular weight is 259 g/mol. The summed E-state index contributed by atoms with van der Waals surface area (Å²) in [4.78, 5) is 12.6. The van der Waals surface area contributed by atoms with Crippen molar-refractivity contribution >= 4 is 33.0 Å². The zero-order valence-corrected chi connectivity index (χ0v) is 9.87. The van der Waals surface area contributed by atoms with Gasteiger partial charge in [0.1, 0.15) is 0 Å². The maximum atomic E-state index is 11.7. The van der Waals surface area contributed by atoms with Gasteiger partial charge in [-0.2, -0.15) is 0 Å². The molecular weight excluding hydrogens is 248 g/mol. The monoisotopic (exact) mass is 258 g/mol. The van der Waals surface area contributed by atoms with E-state index in [0.29, 0.717) is 11.7 Å². The van der Waals surface area contributed by atoms with Gasteiger partial charge in [0.25, 0.3) is 0 Å². The van der Waals surface area contributed by atoms with E-state index in [4.69, 9.17) is 0 Å². The summed E-state index contributed by atoms with van der Waals surface area (Å²) in [6, 6.07) is 1.99. The zero-order valence-electron chi connectivity index (χ0n) is 7.47. The summed E-state index contributed by atoms with van der Waals surface area (Å²) in [5.41, 5.74) is 1.17. The van der Waals surface area contributed by atoms with Gasteiger partial charge in [0, 0.05) is 6.42 Å². The number of carbonyl (C=O) groups is 1. The predicted octanol–water partition coefficient (Wildman–Crippen LogP) is 3.80. The van der Waals surface area contributed by atoms with Crippen molar-refractivity contribution in [2.45, 2.75) is 26.2 Å². The molecule has 1 saturated carbocycles. The summed E-state index contributed by atoms with van der Waals surface area (Å²) in [7, 11) is 0.